The van der Waals surface area contributed by atoms with Crippen molar-refractivity contribution in [2.24, 2.45) is 11.8 Å². The molecular formula is C12H13N3. The Bertz CT molecular complexity index is 473. The van der Waals surface area contributed by atoms with Gasteiger partial charge in [0.2, 0.25) is 0 Å². The second kappa shape index (κ2) is 2.60. The number of hydrogen-bond acceptors (Lipinski definition) is 2. The van der Waals surface area contributed by atoms with Crippen LogP contribution in [0, 0.1) is 11.8 Å². The Kier molecular flexibility index (Phi) is 1.36. The van der Waals surface area contributed by atoms with Crippen molar-refractivity contribution in [2.75, 3.05) is 0 Å². The lowest BCUT2D eigenvalue weighted by atomic mass is 10.1. The Morgan fingerprint density at radius 3 is 2.93 bits per heavy atom. The van der Waals surface area contributed by atoms with Crippen molar-refractivity contribution in [3.63, 3.8) is 0 Å². The first-order valence-electron chi connectivity index (χ1n) is 5.73. The molecule has 2 heterocycles. The van der Waals surface area contributed by atoms with Gasteiger partial charge in [-0.15, -0.1) is 0 Å². The van der Waals surface area contributed by atoms with E-state index in [1.165, 1.54) is 25.1 Å². The van der Waals surface area contributed by atoms with Gasteiger partial charge in [0.1, 0.15) is 5.82 Å². The SMILES string of the molecule is c1cc2nc(C3C4CCCC43)[nH]c2cn1. The Hall–Kier alpha value is -1.38. The summed E-state index contributed by atoms with van der Waals surface area (Å²) in [4.78, 5) is 12.2. The minimum absolute atomic E-state index is 0.728. The van der Waals surface area contributed by atoms with E-state index >= 15 is 0 Å². The summed E-state index contributed by atoms with van der Waals surface area (Å²) < 4.78 is 0. The number of fused-ring (bicyclic) bond motifs is 2. The predicted molar refractivity (Wildman–Crippen MR) is 57.5 cm³/mol. The van der Waals surface area contributed by atoms with Gasteiger partial charge in [-0.2, -0.15) is 0 Å². The molecular weight excluding hydrogens is 186 g/mol. The van der Waals surface area contributed by atoms with Gasteiger partial charge in [-0.05, 0) is 30.7 Å². The normalized spacial score (nSPS) is 33.2. The highest BCUT2D eigenvalue weighted by molar-refractivity contribution is 5.73. The van der Waals surface area contributed by atoms with E-state index in [0.717, 1.165) is 28.8 Å². The van der Waals surface area contributed by atoms with E-state index in [4.69, 9.17) is 0 Å². The van der Waals surface area contributed by atoms with Crippen LogP contribution in [0.2, 0.25) is 0 Å². The average molecular weight is 199 g/mol. The molecule has 2 aromatic rings. The van der Waals surface area contributed by atoms with Crippen LogP contribution in [0.4, 0.5) is 0 Å². The molecule has 3 heteroatoms. The van der Waals surface area contributed by atoms with E-state index < -0.39 is 0 Å². The number of hydrogen-bond donors (Lipinski definition) is 1. The third-order valence-electron chi connectivity index (χ3n) is 4.02. The largest absolute Gasteiger partial charge is 0.340 e. The highest BCUT2D eigenvalue weighted by Crippen LogP contribution is 2.62. The number of nitrogens with one attached hydrogen (secondary N) is 1. The zero-order chi connectivity index (χ0) is 9.83. The fourth-order valence-corrected chi connectivity index (χ4v) is 3.26. The summed E-state index contributed by atoms with van der Waals surface area (Å²) in [5, 5.41) is 0. The van der Waals surface area contributed by atoms with Crippen LogP contribution in [0.5, 0.6) is 0 Å². The van der Waals surface area contributed by atoms with E-state index in [9.17, 15) is 0 Å². The van der Waals surface area contributed by atoms with E-state index in [1.54, 1.807) is 6.20 Å². The minimum atomic E-state index is 0.728. The van der Waals surface area contributed by atoms with Crippen LogP contribution in [-0.2, 0) is 0 Å². The number of aromatic amines is 1. The van der Waals surface area contributed by atoms with Gasteiger partial charge >= 0.3 is 0 Å². The summed E-state index contributed by atoms with van der Waals surface area (Å²) in [6, 6.07) is 1.98. The van der Waals surface area contributed by atoms with Gasteiger partial charge < -0.3 is 4.98 Å². The molecule has 1 N–H and O–H groups in total. The summed E-state index contributed by atoms with van der Waals surface area (Å²) in [7, 11) is 0. The second-order valence-corrected chi connectivity index (χ2v) is 4.80. The highest BCUT2D eigenvalue weighted by atomic mass is 15.0. The Labute approximate surface area is 87.9 Å². The van der Waals surface area contributed by atoms with Gasteiger partial charge in [0.15, 0.2) is 0 Å². The van der Waals surface area contributed by atoms with Crippen LogP contribution in [0.15, 0.2) is 18.5 Å². The molecule has 0 aliphatic heterocycles. The molecule has 2 aliphatic carbocycles. The smallest absolute Gasteiger partial charge is 0.110 e. The van der Waals surface area contributed by atoms with Crippen LogP contribution < -0.4 is 0 Å². The number of imidazole rings is 1. The monoisotopic (exact) mass is 199 g/mol. The van der Waals surface area contributed by atoms with Gasteiger partial charge in [-0.3, -0.25) is 4.98 Å². The third kappa shape index (κ3) is 1.01. The van der Waals surface area contributed by atoms with Crippen LogP contribution in [0.25, 0.3) is 11.0 Å². The lowest BCUT2D eigenvalue weighted by molar-refractivity contribution is 0.664. The highest BCUT2D eigenvalue weighted by Gasteiger charge is 2.54. The van der Waals surface area contributed by atoms with Gasteiger partial charge in [0.05, 0.1) is 17.2 Å². The topological polar surface area (TPSA) is 41.6 Å². The first kappa shape index (κ1) is 7.85. The molecule has 2 fully saturated rings. The summed E-state index contributed by atoms with van der Waals surface area (Å²) in [5.74, 6) is 3.79. The minimum Gasteiger partial charge on any atom is -0.340 e. The van der Waals surface area contributed by atoms with Gasteiger partial charge in [-0.1, -0.05) is 6.42 Å². The molecule has 0 aromatic carbocycles. The third-order valence-corrected chi connectivity index (χ3v) is 4.02. The van der Waals surface area contributed by atoms with E-state index in [1.807, 2.05) is 12.3 Å². The molecule has 0 radical (unpaired) electrons. The van der Waals surface area contributed by atoms with Crippen LogP contribution >= 0.6 is 0 Å². The first-order valence-corrected chi connectivity index (χ1v) is 5.73. The maximum atomic E-state index is 4.66. The number of aromatic nitrogens is 3. The predicted octanol–water partition coefficient (Wildman–Crippen LogP) is 2.47. The Balaban J connectivity index is 1.77. The molecule has 4 rings (SSSR count). The van der Waals surface area contributed by atoms with E-state index in [-0.39, 0.29) is 0 Å². The summed E-state index contributed by atoms with van der Waals surface area (Å²) >= 11 is 0. The van der Waals surface area contributed by atoms with Crippen molar-refractivity contribution in [3.8, 4) is 0 Å². The van der Waals surface area contributed by atoms with Gasteiger partial charge in [0.25, 0.3) is 0 Å². The molecule has 2 saturated carbocycles. The molecule has 76 valence electrons. The van der Waals surface area contributed by atoms with Crippen LogP contribution in [0.1, 0.15) is 31.0 Å². The zero-order valence-corrected chi connectivity index (χ0v) is 8.48. The fraction of sp³-hybridized carbons (Fsp3) is 0.500. The molecule has 0 bridgehead atoms. The first-order chi connectivity index (χ1) is 7.43. The average Bonchev–Trinajstić information content (AvgIpc) is 2.71. The molecule has 2 aliphatic rings. The maximum Gasteiger partial charge on any atom is 0.110 e. The van der Waals surface area contributed by atoms with E-state index in [2.05, 4.69) is 15.0 Å². The number of H-pyrrole nitrogens is 1. The lowest BCUT2D eigenvalue weighted by Gasteiger charge is -1.97. The molecule has 2 atom stereocenters. The number of rotatable bonds is 1. The lowest BCUT2D eigenvalue weighted by Crippen LogP contribution is -1.89. The second-order valence-electron chi connectivity index (χ2n) is 4.80. The Morgan fingerprint density at radius 1 is 1.27 bits per heavy atom. The molecule has 2 aromatic heterocycles. The zero-order valence-electron chi connectivity index (χ0n) is 8.48. The van der Waals surface area contributed by atoms with Gasteiger partial charge in [0, 0.05) is 12.1 Å². The van der Waals surface area contributed by atoms with Crippen molar-refractivity contribution in [1.29, 1.82) is 0 Å². The van der Waals surface area contributed by atoms with Crippen LogP contribution in [-0.4, -0.2) is 15.0 Å². The molecule has 0 saturated heterocycles. The summed E-state index contributed by atoms with van der Waals surface area (Å²) in [5.41, 5.74) is 2.14. The molecule has 3 nitrogen and oxygen atoms in total. The fourth-order valence-electron chi connectivity index (χ4n) is 3.26. The molecule has 2 unspecified atom stereocenters. The van der Waals surface area contributed by atoms with Crippen molar-refractivity contribution >= 4 is 11.0 Å². The maximum absolute atomic E-state index is 4.66. The molecule has 0 amide bonds. The van der Waals surface area contributed by atoms with Gasteiger partial charge in [-0.25, -0.2) is 4.98 Å². The standard InChI is InChI=1S/C12H13N3/c1-2-7-8(3-1)11(7)12-14-9-4-5-13-6-10(9)15-12/h4-8,11H,1-3H2,(H,14,15). The summed E-state index contributed by atoms with van der Waals surface area (Å²) in [6.45, 7) is 0. The van der Waals surface area contributed by atoms with Crippen molar-refractivity contribution in [2.45, 2.75) is 25.2 Å². The number of nitrogens with zero attached hydrogens (tertiary/aromatic N) is 2. The van der Waals surface area contributed by atoms with Crippen molar-refractivity contribution in [3.05, 3.63) is 24.3 Å². The number of pyridine rings is 1. The molecule has 15 heavy (non-hydrogen) atoms. The summed E-state index contributed by atoms with van der Waals surface area (Å²) in [6.07, 6.45) is 7.91. The quantitative estimate of drug-likeness (QED) is 0.766. The van der Waals surface area contributed by atoms with Crippen LogP contribution in [0.3, 0.4) is 0 Å². The molecule has 0 spiro atoms. The Morgan fingerprint density at radius 2 is 2.13 bits per heavy atom. The van der Waals surface area contributed by atoms with E-state index in [0.29, 0.717) is 0 Å². The van der Waals surface area contributed by atoms with Crippen molar-refractivity contribution in [1.82, 2.24) is 15.0 Å². The van der Waals surface area contributed by atoms with Crippen molar-refractivity contribution < 1.29 is 0 Å².